The summed E-state index contributed by atoms with van der Waals surface area (Å²) in [6, 6.07) is 20.2. The molecule has 2 unspecified atom stereocenters. The van der Waals surface area contributed by atoms with Crippen LogP contribution >= 0.6 is 30.3 Å². The first-order valence-electron chi connectivity index (χ1n) is 10.7. The summed E-state index contributed by atoms with van der Waals surface area (Å²) in [4.78, 5) is 26.5. The van der Waals surface area contributed by atoms with Crippen molar-refractivity contribution in [2.45, 2.75) is 25.1 Å². The molecule has 184 valence electrons. The zero-order valence-corrected chi connectivity index (χ0v) is 22.1. The molecule has 6 nitrogen and oxygen atoms in total. The third-order valence-electron chi connectivity index (χ3n) is 5.42. The molecule has 0 saturated carbocycles. The van der Waals surface area contributed by atoms with E-state index in [1.807, 2.05) is 0 Å². The molecule has 1 amide bonds. The van der Waals surface area contributed by atoms with Gasteiger partial charge in [0, 0.05) is 20.7 Å². The average molecular weight is 552 g/mol. The van der Waals surface area contributed by atoms with Crippen molar-refractivity contribution in [1.29, 1.82) is 0 Å². The number of halogens is 2. The molecule has 3 aromatic carbocycles. The van der Waals surface area contributed by atoms with Crippen LogP contribution in [0.15, 0.2) is 78.9 Å². The van der Waals surface area contributed by atoms with Gasteiger partial charge in [-0.3, -0.25) is 4.79 Å². The van der Waals surface area contributed by atoms with E-state index in [2.05, 4.69) is 0 Å². The third-order valence-corrected chi connectivity index (χ3v) is 10.0. The summed E-state index contributed by atoms with van der Waals surface area (Å²) in [5, 5.41) is 10.3. The smallest absolute Gasteiger partial charge is 0.326 e. The Morgan fingerprint density at radius 3 is 1.94 bits per heavy atom. The van der Waals surface area contributed by atoms with Crippen LogP contribution in [0.3, 0.4) is 0 Å². The van der Waals surface area contributed by atoms with Gasteiger partial charge in [-0.25, -0.2) is 9.00 Å². The summed E-state index contributed by atoms with van der Waals surface area (Å²) in [5.41, 5.74) is 0.662. The maximum Gasteiger partial charge on any atom is 0.326 e. The molecule has 0 aromatic heterocycles. The first kappa shape index (κ1) is 27.2. The van der Waals surface area contributed by atoms with E-state index >= 15 is 0 Å². The van der Waals surface area contributed by atoms with Gasteiger partial charge in [0.2, 0.25) is 0 Å². The maximum atomic E-state index is 14.7. The predicted molar refractivity (Wildman–Crippen MR) is 142 cm³/mol. The number of carbonyl (C=O) groups is 2. The fourth-order valence-electron chi connectivity index (χ4n) is 3.66. The van der Waals surface area contributed by atoms with E-state index < -0.39 is 41.5 Å². The van der Waals surface area contributed by atoms with Crippen molar-refractivity contribution in [2.75, 3.05) is 6.29 Å². The fraction of sp³-hybridized carbons (Fsp3) is 0.200. The molecule has 0 saturated heterocycles. The number of aliphatic carboxylic acids is 1. The second-order valence-corrected chi connectivity index (χ2v) is 12.8. The van der Waals surface area contributed by atoms with Crippen LogP contribution in [0.5, 0.6) is 0 Å². The Kier molecular flexibility index (Phi) is 9.31. The number of carboxylic acids is 1. The van der Waals surface area contributed by atoms with E-state index in [0.29, 0.717) is 26.2 Å². The number of benzene rings is 3. The predicted octanol–water partition coefficient (Wildman–Crippen LogP) is 5.50. The Hall–Kier alpha value is -2.44. The molecule has 2 atom stereocenters. The van der Waals surface area contributed by atoms with Crippen LogP contribution in [0.4, 0.5) is 4.79 Å². The monoisotopic (exact) mass is 551 g/mol. The highest BCUT2D eigenvalue weighted by Gasteiger charge is 2.39. The fourth-order valence-corrected chi connectivity index (χ4v) is 8.09. The Balaban J connectivity index is 2.09. The van der Waals surface area contributed by atoms with Crippen molar-refractivity contribution in [2.24, 2.45) is 0 Å². The normalized spacial score (nSPS) is 13.1. The Bertz CT molecular complexity index is 1240. The summed E-state index contributed by atoms with van der Waals surface area (Å²) in [7, 11) is -5.77. The van der Waals surface area contributed by atoms with Gasteiger partial charge in [0.1, 0.15) is 16.8 Å². The van der Waals surface area contributed by atoms with Crippen LogP contribution in [-0.4, -0.2) is 37.8 Å². The number of carbonyl (C=O) groups excluding carboxylic acids is 1. The van der Waals surface area contributed by atoms with Gasteiger partial charge in [0.05, 0.1) is 12.0 Å². The molecule has 0 bridgehead atoms. The van der Waals surface area contributed by atoms with Crippen molar-refractivity contribution >= 4 is 63.0 Å². The molecule has 10 heteroatoms. The topological polar surface area (TPSA) is 91.8 Å². The molecular formula is C25H24Cl2NO5PS. The third kappa shape index (κ3) is 6.62. The van der Waals surface area contributed by atoms with Crippen molar-refractivity contribution in [3.8, 4) is 0 Å². The van der Waals surface area contributed by atoms with Gasteiger partial charge in [-0.15, -0.1) is 0 Å². The molecule has 0 heterocycles. The molecular weight excluding hydrogens is 528 g/mol. The van der Waals surface area contributed by atoms with Crippen LogP contribution in [0, 0.1) is 0 Å². The van der Waals surface area contributed by atoms with E-state index in [1.165, 1.54) is 12.1 Å². The van der Waals surface area contributed by atoms with Crippen LogP contribution in [0.1, 0.15) is 18.9 Å². The highest BCUT2D eigenvalue weighted by molar-refractivity contribution is 7.99. The zero-order valence-electron chi connectivity index (χ0n) is 18.8. The highest BCUT2D eigenvalue weighted by atomic mass is 35.5. The van der Waals surface area contributed by atoms with Crippen molar-refractivity contribution in [3.05, 3.63) is 94.5 Å². The lowest BCUT2D eigenvalue weighted by atomic mass is 10.2. The molecule has 0 aliphatic carbocycles. The average Bonchev–Trinajstić information content (AvgIpc) is 2.83. The van der Waals surface area contributed by atoms with Crippen molar-refractivity contribution in [3.63, 3.8) is 0 Å². The molecule has 0 spiro atoms. The largest absolute Gasteiger partial charge is 0.480 e. The highest BCUT2D eigenvalue weighted by Crippen LogP contribution is 2.45. The Morgan fingerprint density at radius 1 is 0.943 bits per heavy atom. The lowest BCUT2D eigenvalue weighted by Gasteiger charge is -2.32. The van der Waals surface area contributed by atoms with Crippen LogP contribution in [-0.2, 0) is 25.9 Å². The number of nitrogens with zero attached hydrogens (tertiary/aromatic N) is 1. The Labute approximate surface area is 216 Å². The van der Waals surface area contributed by atoms with E-state index in [9.17, 15) is 23.5 Å². The molecule has 35 heavy (non-hydrogen) atoms. The van der Waals surface area contributed by atoms with E-state index in [1.54, 1.807) is 73.7 Å². The maximum absolute atomic E-state index is 14.7. The summed E-state index contributed by atoms with van der Waals surface area (Å²) in [5.74, 6) is -1.37. The molecule has 0 radical (unpaired) electrons. The summed E-state index contributed by atoms with van der Waals surface area (Å²) < 4.78 is 27.7. The molecule has 0 aliphatic heterocycles. The van der Waals surface area contributed by atoms with Gasteiger partial charge in [0.25, 0.3) is 0 Å². The van der Waals surface area contributed by atoms with Crippen molar-refractivity contribution < 1.29 is 23.5 Å². The van der Waals surface area contributed by atoms with E-state index in [4.69, 9.17) is 23.2 Å². The van der Waals surface area contributed by atoms with Gasteiger partial charge in [-0.2, -0.15) is 0 Å². The SMILES string of the molecule is CCC(C(=O)O)N(CP(=O)(c1cccc(Cl)c1)c1cccc(Cl)c1)C(=O)S(=O)Cc1ccccc1. The van der Waals surface area contributed by atoms with E-state index in [0.717, 1.165) is 4.90 Å². The number of rotatable bonds is 9. The quantitative estimate of drug-likeness (QED) is 0.354. The molecule has 3 aromatic rings. The minimum absolute atomic E-state index is 0.0364. The van der Waals surface area contributed by atoms with Crippen molar-refractivity contribution in [1.82, 2.24) is 4.90 Å². The second-order valence-electron chi connectivity index (χ2n) is 7.81. The van der Waals surface area contributed by atoms with Gasteiger partial charge in [-0.1, -0.05) is 84.7 Å². The second kappa shape index (κ2) is 12.0. The summed E-state index contributed by atoms with van der Waals surface area (Å²) >= 11 is 12.4. The van der Waals surface area contributed by atoms with Gasteiger partial charge >= 0.3 is 11.2 Å². The van der Waals surface area contributed by atoms with Gasteiger partial charge in [0.15, 0.2) is 7.14 Å². The van der Waals surface area contributed by atoms with Crippen LogP contribution in [0.2, 0.25) is 10.0 Å². The van der Waals surface area contributed by atoms with Crippen LogP contribution in [0.25, 0.3) is 0 Å². The van der Waals surface area contributed by atoms with Crippen LogP contribution < -0.4 is 10.6 Å². The number of hydrogen-bond acceptors (Lipinski definition) is 4. The molecule has 3 rings (SSSR count). The van der Waals surface area contributed by atoms with E-state index in [-0.39, 0.29) is 12.2 Å². The number of carboxylic acid groups (broad SMARTS) is 1. The standard InChI is InChI=1S/C25H24Cl2NO5PS/c1-2-23(24(29)30)28(25(31)35(33)16-18-8-4-3-5-9-18)17-34(32,21-12-6-10-19(26)14-21)22-13-7-11-20(27)15-22/h3-15,23H,2,16-17H2,1H3,(H,29,30). The summed E-state index contributed by atoms with van der Waals surface area (Å²) in [6.45, 7) is 1.60. The van der Waals surface area contributed by atoms with Gasteiger partial charge in [-0.05, 0) is 36.2 Å². The first-order valence-corrected chi connectivity index (χ1v) is 14.7. The minimum atomic E-state index is -3.68. The molecule has 1 N–H and O–H groups in total. The molecule has 0 aliphatic rings. The number of hydrogen-bond donors (Lipinski definition) is 1. The summed E-state index contributed by atoms with van der Waals surface area (Å²) in [6.07, 6.45) is -0.438. The molecule has 0 fully saturated rings. The lowest BCUT2D eigenvalue weighted by Crippen LogP contribution is -2.47. The first-order chi connectivity index (χ1) is 16.7. The zero-order chi connectivity index (χ0) is 25.6. The van der Waals surface area contributed by atoms with Gasteiger partial charge < -0.3 is 14.6 Å². The minimum Gasteiger partial charge on any atom is -0.480 e. The Morgan fingerprint density at radius 2 is 1.49 bits per heavy atom. The number of amides is 1. The lowest BCUT2D eigenvalue weighted by molar-refractivity contribution is -0.141.